The third-order valence-electron chi connectivity index (χ3n) is 2.40. The van der Waals surface area contributed by atoms with Crippen LogP contribution in [0.5, 0.6) is 0 Å². The van der Waals surface area contributed by atoms with Crippen LogP contribution in [0.1, 0.15) is 29.3 Å². The molecule has 17 heavy (non-hydrogen) atoms. The van der Waals surface area contributed by atoms with Crippen LogP contribution in [-0.4, -0.2) is 17.9 Å². The van der Waals surface area contributed by atoms with E-state index in [-0.39, 0.29) is 18.4 Å². The summed E-state index contributed by atoms with van der Waals surface area (Å²) in [5.41, 5.74) is 6.53. The minimum Gasteiger partial charge on any atom is -0.370 e. The second kappa shape index (κ2) is 5.82. The van der Waals surface area contributed by atoms with Gasteiger partial charge < -0.3 is 11.1 Å². The van der Waals surface area contributed by atoms with Gasteiger partial charge in [-0.05, 0) is 31.5 Å². The highest BCUT2D eigenvalue weighted by Gasteiger charge is 2.14. The minimum atomic E-state index is -0.427. The van der Waals surface area contributed by atoms with E-state index in [0.29, 0.717) is 5.56 Å². The van der Waals surface area contributed by atoms with E-state index in [9.17, 15) is 9.59 Å². The zero-order valence-corrected chi connectivity index (χ0v) is 11.4. The summed E-state index contributed by atoms with van der Waals surface area (Å²) in [5, 5.41) is 2.73. The molecule has 4 nitrogen and oxygen atoms in total. The molecular formula is C12H15BrN2O2. The van der Waals surface area contributed by atoms with E-state index in [1.165, 1.54) is 0 Å². The number of nitrogens with one attached hydrogen (secondary N) is 1. The number of hydrogen-bond acceptors (Lipinski definition) is 2. The molecular weight excluding hydrogens is 284 g/mol. The van der Waals surface area contributed by atoms with Crippen LogP contribution >= 0.6 is 15.9 Å². The van der Waals surface area contributed by atoms with Crippen molar-refractivity contribution in [3.8, 4) is 0 Å². The molecule has 1 aromatic rings. The monoisotopic (exact) mass is 298 g/mol. The average Bonchev–Trinajstić information content (AvgIpc) is 2.20. The maximum absolute atomic E-state index is 11.9. The summed E-state index contributed by atoms with van der Waals surface area (Å²) in [6.45, 7) is 3.60. The summed E-state index contributed by atoms with van der Waals surface area (Å²) in [6.07, 6.45) is 0.138. The maximum atomic E-state index is 11.9. The highest BCUT2D eigenvalue weighted by Crippen LogP contribution is 2.19. The number of amides is 2. The van der Waals surface area contributed by atoms with Crippen molar-refractivity contribution in [1.82, 2.24) is 5.32 Å². The molecule has 1 unspecified atom stereocenters. The first kappa shape index (κ1) is 13.7. The summed E-state index contributed by atoms with van der Waals surface area (Å²) in [5.74, 6) is -0.624. The number of halogens is 1. The molecule has 0 spiro atoms. The van der Waals surface area contributed by atoms with E-state index in [4.69, 9.17) is 5.73 Å². The van der Waals surface area contributed by atoms with Crippen LogP contribution in [-0.2, 0) is 4.79 Å². The Morgan fingerprint density at radius 1 is 1.47 bits per heavy atom. The first-order chi connectivity index (χ1) is 7.91. The molecule has 5 heteroatoms. The molecule has 0 aliphatic carbocycles. The van der Waals surface area contributed by atoms with Crippen LogP contribution in [0.25, 0.3) is 0 Å². The SMILES string of the molecule is Cc1c(Br)cccc1C(=O)NC(C)CC(N)=O. The molecule has 1 atom stereocenters. The number of hydrogen-bond donors (Lipinski definition) is 2. The Balaban J connectivity index is 2.77. The summed E-state index contributed by atoms with van der Waals surface area (Å²) in [7, 11) is 0. The standard InChI is InChI=1S/C12H15BrN2O2/c1-7(6-11(14)16)15-12(17)9-4-3-5-10(13)8(9)2/h3-5,7H,6H2,1-2H3,(H2,14,16)(H,15,17). The van der Waals surface area contributed by atoms with Crippen molar-refractivity contribution in [2.24, 2.45) is 5.73 Å². The largest absolute Gasteiger partial charge is 0.370 e. The number of carbonyl (C=O) groups is 2. The lowest BCUT2D eigenvalue weighted by molar-refractivity contribution is -0.118. The molecule has 0 aromatic heterocycles. The maximum Gasteiger partial charge on any atom is 0.251 e. The summed E-state index contributed by atoms with van der Waals surface area (Å²) >= 11 is 3.37. The third-order valence-corrected chi connectivity index (χ3v) is 3.26. The molecule has 1 rings (SSSR count). The van der Waals surface area contributed by atoms with Crippen LogP contribution in [0, 0.1) is 6.92 Å². The van der Waals surface area contributed by atoms with Gasteiger partial charge >= 0.3 is 0 Å². The van der Waals surface area contributed by atoms with Gasteiger partial charge in [-0.25, -0.2) is 0 Å². The molecule has 92 valence electrons. The van der Waals surface area contributed by atoms with E-state index in [1.54, 1.807) is 19.1 Å². The fraction of sp³-hybridized carbons (Fsp3) is 0.333. The number of carbonyl (C=O) groups excluding carboxylic acids is 2. The van der Waals surface area contributed by atoms with Crippen molar-refractivity contribution >= 4 is 27.7 Å². The van der Waals surface area contributed by atoms with Gasteiger partial charge in [0.1, 0.15) is 0 Å². The predicted molar refractivity (Wildman–Crippen MR) is 69.6 cm³/mol. The van der Waals surface area contributed by atoms with Crippen LogP contribution in [0.2, 0.25) is 0 Å². The van der Waals surface area contributed by atoms with Gasteiger partial charge in [-0.3, -0.25) is 9.59 Å². The average molecular weight is 299 g/mol. The molecule has 0 saturated heterocycles. The highest BCUT2D eigenvalue weighted by molar-refractivity contribution is 9.10. The smallest absolute Gasteiger partial charge is 0.251 e. The van der Waals surface area contributed by atoms with E-state index in [2.05, 4.69) is 21.2 Å². The first-order valence-electron chi connectivity index (χ1n) is 5.26. The fourth-order valence-electron chi connectivity index (χ4n) is 1.51. The summed E-state index contributed by atoms with van der Waals surface area (Å²) in [6, 6.07) is 5.15. The zero-order chi connectivity index (χ0) is 13.0. The van der Waals surface area contributed by atoms with Gasteiger partial charge in [-0.1, -0.05) is 22.0 Å². The molecule has 0 aliphatic heterocycles. The van der Waals surface area contributed by atoms with E-state index >= 15 is 0 Å². The molecule has 2 amide bonds. The van der Waals surface area contributed by atoms with E-state index in [1.807, 2.05) is 13.0 Å². The lowest BCUT2D eigenvalue weighted by atomic mass is 10.1. The predicted octanol–water partition coefficient (Wildman–Crippen LogP) is 1.75. The minimum absolute atomic E-state index is 0.138. The van der Waals surface area contributed by atoms with Crippen molar-refractivity contribution in [3.05, 3.63) is 33.8 Å². The molecule has 3 N–H and O–H groups in total. The lowest BCUT2D eigenvalue weighted by Gasteiger charge is -2.13. The number of nitrogens with two attached hydrogens (primary N) is 1. The Hall–Kier alpha value is -1.36. The van der Waals surface area contributed by atoms with Gasteiger partial charge in [0.2, 0.25) is 5.91 Å². The molecule has 0 bridgehead atoms. The van der Waals surface area contributed by atoms with E-state index in [0.717, 1.165) is 10.0 Å². The molecule has 0 radical (unpaired) electrons. The van der Waals surface area contributed by atoms with Crippen molar-refractivity contribution in [2.45, 2.75) is 26.3 Å². The van der Waals surface area contributed by atoms with Crippen molar-refractivity contribution in [1.29, 1.82) is 0 Å². The van der Waals surface area contributed by atoms with Gasteiger partial charge in [-0.2, -0.15) is 0 Å². The van der Waals surface area contributed by atoms with Crippen LogP contribution in [0.4, 0.5) is 0 Å². The van der Waals surface area contributed by atoms with Gasteiger partial charge in [0.05, 0.1) is 0 Å². The Labute approximate surface area is 109 Å². The van der Waals surface area contributed by atoms with Gasteiger partial charge in [0.15, 0.2) is 0 Å². The molecule has 1 aromatic carbocycles. The first-order valence-corrected chi connectivity index (χ1v) is 6.05. The Kier molecular flexibility index (Phi) is 4.69. The highest BCUT2D eigenvalue weighted by atomic mass is 79.9. The molecule has 0 fully saturated rings. The van der Waals surface area contributed by atoms with Crippen molar-refractivity contribution in [3.63, 3.8) is 0 Å². The summed E-state index contributed by atoms with van der Waals surface area (Å²) in [4.78, 5) is 22.6. The Morgan fingerprint density at radius 2 is 2.12 bits per heavy atom. The fourth-order valence-corrected chi connectivity index (χ4v) is 1.87. The van der Waals surface area contributed by atoms with Crippen LogP contribution in [0.3, 0.4) is 0 Å². The Bertz CT molecular complexity index is 446. The Morgan fingerprint density at radius 3 is 2.71 bits per heavy atom. The normalized spacial score (nSPS) is 11.9. The van der Waals surface area contributed by atoms with Gasteiger partial charge in [0, 0.05) is 22.5 Å². The van der Waals surface area contributed by atoms with Crippen molar-refractivity contribution in [2.75, 3.05) is 0 Å². The lowest BCUT2D eigenvalue weighted by Crippen LogP contribution is -2.36. The number of primary amides is 1. The molecule has 0 saturated carbocycles. The second-order valence-electron chi connectivity index (χ2n) is 3.96. The topological polar surface area (TPSA) is 72.2 Å². The number of benzene rings is 1. The van der Waals surface area contributed by atoms with Crippen LogP contribution in [0.15, 0.2) is 22.7 Å². The van der Waals surface area contributed by atoms with Gasteiger partial charge in [-0.15, -0.1) is 0 Å². The second-order valence-corrected chi connectivity index (χ2v) is 4.81. The summed E-state index contributed by atoms with van der Waals surface area (Å²) < 4.78 is 0.882. The molecule has 0 heterocycles. The van der Waals surface area contributed by atoms with Crippen molar-refractivity contribution < 1.29 is 9.59 Å². The molecule has 0 aliphatic rings. The number of rotatable bonds is 4. The van der Waals surface area contributed by atoms with Crippen LogP contribution < -0.4 is 11.1 Å². The van der Waals surface area contributed by atoms with Gasteiger partial charge in [0.25, 0.3) is 5.91 Å². The van der Waals surface area contributed by atoms with E-state index < -0.39 is 5.91 Å². The quantitative estimate of drug-likeness (QED) is 0.889. The zero-order valence-electron chi connectivity index (χ0n) is 9.79. The third kappa shape index (κ3) is 3.85.